The molecule has 1 heterocycles. The summed E-state index contributed by atoms with van der Waals surface area (Å²) in [6, 6.07) is 4.40. The lowest BCUT2D eigenvalue weighted by Crippen LogP contribution is -2.63. The Labute approximate surface area is 538 Å². The number of carbonyl (C=O) groups is 11. The molecule has 1 aliphatic heterocycles. The molecule has 5 rings (SSSR count). The Morgan fingerprint density at radius 2 is 1.24 bits per heavy atom. The van der Waals surface area contributed by atoms with E-state index < -0.39 is 156 Å². The van der Waals surface area contributed by atoms with Crippen molar-refractivity contribution in [2.75, 3.05) is 87.5 Å². The maximum atomic E-state index is 15.3. The third-order valence-corrected chi connectivity index (χ3v) is 19.3. The smallest absolute Gasteiger partial charge is 0.343 e. The van der Waals surface area contributed by atoms with Crippen molar-refractivity contribution in [1.29, 1.82) is 0 Å². The van der Waals surface area contributed by atoms with E-state index in [1.165, 1.54) is 103 Å². The third-order valence-electron chi connectivity index (χ3n) is 19.0. The van der Waals surface area contributed by atoms with Gasteiger partial charge >= 0.3 is 6.18 Å². The molecule has 0 aromatic heterocycles. The van der Waals surface area contributed by atoms with Crippen LogP contribution in [0, 0.1) is 17.8 Å². The van der Waals surface area contributed by atoms with Gasteiger partial charge < -0.3 is 54.7 Å². The molecule has 0 bridgehead atoms. The Balaban J connectivity index is 1.57. The normalized spacial score (nSPS) is 25.0. The molecule has 11 amide bonds. The van der Waals surface area contributed by atoms with Crippen LogP contribution in [0.3, 0.4) is 0 Å². The van der Waals surface area contributed by atoms with E-state index >= 15 is 4.79 Å². The van der Waals surface area contributed by atoms with Crippen LogP contribution < -0.4 is 15.5 Å². The molecular weight excluding hydrogens is 1200 g/mol. The molecule has 2 aromatic carbocycles. The summed E-state index contributed by atoms with van der Waals surface area (Å²) >= 11 is 6.13. The molecule has 2 N–H and O–H groups in total. The minimum absolute atomic E-state index is 0.0167. The number of para-hydroxylation sites is 1. The lowest BCUT2D eigenvalue weighted by atomic mass is 9.78. The fraction of sp³-hybridized carbons (Fsp3) is 0.646. The second kappa shape index (κ2) is 32.3. The van der Waals surface area contributed by atoms with Crippen molar-refractivity contribution in [1.82, 2.24) is 49.8 Å². The van der Waals surface area contributed by atoms with E-state index in [9.17, 15) is 61.1 Å². The van der Waals surface area contributed by atoms with Crippen molar-refractivity contribution in [3.8, 4) is 0 Å². The predicted octanol–water partition coefficient (Wildman–Crippen LogP) is 5.47. The zero-order valence-corrected chi connectivity index (χ0v) is 56.1. The summed E-state index contributed by atoms with van der Waals surface area (Å²) < 4.78 is 41.5. The van der Waals surface area contributed by atoms with Crippen LogP contribution in [-0.2, 0) is 65.3 Å². The Bertz CT molecular complexity index is 2960. The van der Waals surface area contributed by atoms with E-state index in [1.807, 2.05) is 6.92 Å². The van der Waals surface area contributed by atoms with Crippen molar-refractivity contribution in [2.24, 2.45) is 17.8 Å². The lowest BCUT2D eigenvalue weighted by Gasteiger charge is -2.45. The molecule has 0 unspecified atom stereocenters. The number of nitrogens with one attached hydrogen (secondary N) is 2. The number of benzene rings is 2. The number of anilines is 1. The van der Waals surface area contributed by atoms with Crippen LogP contribution in [0.2, 0.25) is 5.02 Å². The number of aryl methyl sites for hydroxylation is 1. The van der Waals surface area contributed by atoms with Crippen molar-refractivity contribution in [3.63, 3.8) is 0 Å². The number of halogens is 4. The summed E-state index contributed by atoms with van der Waals surface area (Å²) in [7, 11) is 11.3. The first-order valence-electron chi connectivity index (χ1n) is 31.4. The van der Waals surface area contributed by atoms with Crippen LogP contribution in [0.1, 0.15) is 130 Å². The summed E-state index contributed by atoms with van der Waals surface area (Å²) in [4.78, 5) is 170. The first-order valence-corrected chi connectivity index (χ1v) is 31.8. The summed E-state index contributed by atoms with van der Waals surface area (Å²) in [5.41, 5.74) is -2.30. The third kappa shape index (κ3) is 18.9. The van der Waals surface area contributed by atoms with Gasteiger partial charge in [0.25, 0.3) is 0 Å². The monoisotopic (exact) mass is 1300 g/mol. The zero-order chi connectivity index (χ0) is 68.1. The van der Waals surface area contributed by atoms with Crippen molar-refractivity contribution in [3.05, 3.63) is 64.7 Å². The maximum absolute atomic E-state index is 15.3. The standard InChI is InChI=1S/C65H95ClF3N11O11/c1-15-40(2)56-61(89)74(9)37-53(83)72(7)38-54(84)77(12)50(35-43-23-18-16-19-24-43)60(88)73(8)36-51(81)70-49(32-30-44-29-31-47(48(66)34-44)65(67,68)69)59(87)80(46-27-20-17-21-28-46)39-55(85)79(14)64(5,6)63(91)78(13)57(45-25-22-26-45)62(90)75(10)41(3)33-52(82)76(11)42(4)58(86)71-56/h17,20-21,27-29,31,34,40-43,45,49-50,56-57H,15-16,18-19,22-26,30,32-33,35-39H2,1-14H3,(H,70,81)(H,71,86)/t40-,41+,42-,49-,50-,56-,57+/m0/s1. The highest BCUT2D eigenvalue weighted by atomic mass is 35.5. The number of alkyl halides is 3. The number of rotatable bonds is 9. The van der Waals surface area contributed by atoms with Crippen molar-refractivity contribution < 1.29 is 65.9 Å². The van der Waals surface area contributed by atoms with Gasteiger partial charge in [-0.05, 0) is 107 Å². The number of carbonyl (C=O) groups excluding carboxylic acids is 11. The van der Waals surface area contributed by atoms with Gasteiger partial charge in [0.2, 0.25) is 65.0 Å². The zero-order valence-electron chi connectivity index (χ0n) is 55.4. The van der Waals surface area contributed by atoms with Crippen LogP contribution in [0.15, 0.2) is 48.5 Å². The number of nitrogens with zero attached hydrogens (tertiary/aromatic N) is 9. The van der Waals surface area contributed by atoms with E-state index in [-0.39, 0.29) is 48.8 Å². The summed E-state index contributed by atoms with van der Waals surface area (Å²) in [5.74, 6) is -7.92. The van der Waals surface area contributed by atoms with Gasteiger partial charge in [0.15, 0.2) is 0 Å². The highest BCUT2D eigenvalue weighted by Gasteiger charge is 2.47. The van der Waals surface area contributed by atoms with E-state index in [2.05, 4.69) is 10.6 Å². The molecule has 2 aromatic rings. The van der Waals surface area contributed by atoms with Gasteiger partial charge in [0.05, 0.1) is 30.2 Å². The molecule has 1 saturated heterocycles. The average Bonchev–Trinajstić information content (AvgIpc) is 0.945. The molecule has 3 aliphatic rings. The number of hydrogen-bond donors (Lipinski definition) is 2. The second-order valence-electron chi connectivity index (χ2n) is 25.7. The molecule has 2 saturated carbocycles. The molecule has 3 fully saturated rings. The van der Waals surface area contributed by atoms with Gasteiger partial charge in [-0.2, -0.15) is 13.2 Å². The fourth-order valence-corrected chi connectivity index (χ4v) is 12.1. The second-order valence-corrected chi connectivity index (χ2v) is 26.2. The lowest BCUT2D eigenvalue weighted by molar-refractivity contribution is -0.157. The Hall–Kier alpha value is -7.31. The van der Waals surface area contributed by atoms with E-state index in [4.69, 9.17) is 11.6 Å². The number of amides is 11. The van der Waals surface area contributed by atoms with Crippen LogP contribution in [-0.4, -0.2) is 229 Å². The van der Waals surface area contributed by atoms with E-state index in [0.29, 0.717) is 19.3 Å². The Morgan fingerprint density at radius 1 is 0.637 bits per heavy atom. The Morgan fingerprint density at radius 3 is 1.81 bits per heavy atom. The SMILES string of the molecule is CC[C@H](C)[C@@H]1NC(=O)[C@H](C)N(C)C(=O)C[C@@H](C)N(C)C(=O)[C@@H](C2CCC2)N(C)C(=O)C(C)(C)N(C)C(=O)CN(c2ccccc2)C(=O)[C@H](CCc2ccc(C(F)(F)F)c(Cl)c2)NC(=O)CN(C)C(=O)[C@H](CC2CCCCC2)N(C)C(=O)CN(C)C(=O)CN(C)C1=O. The van der Waals surface area contributed by atoms with Gasteiger partial charge in [-0.1, -0.05) is 94.7 Å². The molecule has 0 radical (unpaired) electrons. The van der Waals surface area contributed by atoms with E-state index in [1.54, 1.807) is 44.2 Å². The largest absolute Gasteiger partial charge is 0.417 e. The molecule has 26 heteroatoms. The molecule has 7 atom stereocenters. The fourth-order valence-electron chi connectivity index (χ4n) is 11.8. The molecule has 0 spiro atoms. The summed E-state index contributed by atoms with van der Waals surface area (Å²) in [6.45, 7) is 7.35. The van der Waals surface area contributed by atoms with E-state index in [0.717, 1.165) is 75.2 Å². The highest BCUT2D eigenvalue weighted by Crippen LogP contribution is 2.37. The van der Waals surface area contributed by atoms with Crippen LogP contribution in [0.25, 0.3) is 0 Å². The van der Waals surface area contributed by atoms with Crippen LogP contribution >= 0.6 is 11.6 Å². The molecule has 504 valence electrons. The summed E-state index contributed by atoms with van der Waals surface area (Å²) in [5, 5.41) is 4.92. The van der Waals surface area contributed by atoms with Crippen molar-refractivity contribution >= 4 is 82.3 Å². The molecular formula is C65H95ClF3N11O11. The van der Waals surface area contributed by atoms with Gasteiger partial charge in [-0.25, -0.2) is 0 Å². The maximum Gasteiger partial charge on any atom is 0.417 e. The van der Waals surface area contributed by atoms with Crippen LogP contribution in [0.5, 0.6) is 0 Å². The topological polar surface area (TPSA) is 241 Å². The van der Waals surface area contributed by atoms with Crippen LogP contribution in [0.4, 0.5) is 18.9 Å². The first-order chi connectivity index (χ1) is 42.5. The Kier molecular flexibility index (Phi) is 26.4. The highest BCUT2D eigenvalue weighted by molar-refractivity contribution is 6.31. The number of likely N-dealkylation sites (N-methyl/N-ethyl adjacent to an activating group) is 8. The minimum Gasteiger partial charge on any atom is -0.343 e. The average molecular weight is 1300 g/mol. The van der Waals surface area contributed by atoms with Gasteiger partial charge in [-0.15, -0.1) is 0 Å². The molecule has 22 nitrogen and oxygen atoms in total. The van der Waals surface area contributed by atoms with Gasteiger partial charge in [0.1, 0.15) is 42.3 Å². The minimum atomic E-state index is -4.77. The molecule has 91 heavy (non-hydrogen) atoms. The predicted molar refractivity (Wildman–Crippen MR) is 337 cm³/mol. The molecule has 2 aliphatic carbocycles. The number of hydrogen-bond acceptors (Lipinski definition) is 11. The quantitative estimate of drug-likeness (QED) is 0.319. The summed E-state index contributed by atoms with van der Waals surface area (Å²) in [6.07, 6.45) is 1.59. The van der Waals surface area contributed by atoms with Gasteiger partial charge in [-0.3, -0.25) is 52.7 Å². The first kappa shape index (κ1) is 74.4. The van der Waals surface area contributed by atoms with Crippen molar-refractivity contribution in [2.45, 2.75) is 173 Å². The van der Waals surface area contributed by atoms with Gasteiger partial charge in [0, 0.05) is 74.5 Å².